The highest BCUT2D eigenvalue weighted by atomic mass is 16.7. The summed E-state index contributed by atoms with van der Waals surface area (Å²) in [5.41, 5.74) is 7.19. The summed E-state index contributed by atoms with van der Waals surface area (Å²) in [6, 6.07) is 0. The Morgan fingerprint density at radius 2 is 2.19 bits per heavy atom. The lowest BCUT2D eigenvalue weighted by molar-refractivity contribution is -0.196. The molecular formula is C18H26N6O7. The van der Waals surface area contributed by atoms with Crippen LogP contribution in [0.3, 0.4) is 0 Å². The minimum absolute atomic E-state index is 0.0415. The van der Waals surface area contributed by atoms with Gasteiger partial charge in [-0.15, -0.1) is 0 Å². The first kappa shape index (κ1) is 22.8. The molecule has 13 heteroatoms. The van der Waals surface area contributed by atoms with Crippen LogP contribution in [-0.2, 0) is 30.3 Å². The van der Waals surface area contributed by atoms with Gasteiger partial charge < -0.3 is 30.0 Å². The van der Waals surface area contributed by atoms with Crippen molar-refractivity contribution < 1.29 is 34.1 Å². The number of hydroxylamine groups is 1. The van der Waals surface area contributed by atoms with E-state index in [2.05, 4.69) is 9.97 Å². The number of carbonyl (C=O) groups is 2. The molecule has 1 fully saturated rings. The van der Waals surface area contributed by atoms with Gasteiger partial charge in [-0.05, 0) is 18.9 Å². The Morgan fingerprint density at radius 1 is 1.42 bits per heavy atom. The van der Waals surface area contributed by atoms with Gasteiger partial charge in [-0.3, -0.25) is 4.79 Å². The summed E-state index contributed by atoms with van der Waals surface area (Å²) in [6.07, 6.45) is 1.40. The van der Waals surface area contributed by atoms with Crippen molar-refractivity contribution in [3.8, 4) is 0 Å². The van der Waals surface area contributed by atoms with Crippen LogP contribution in [0.25, 0.3) is 11.0 Å². The fourth-order valence-corrected chi connectivity index (χ4v) is 3.39. The molecule has 31 heavy (non-hydrogen) atoms. The number of nitrogens with two attached hydrogens (primary N) is 2. The van der Waals surface area contributed by atoms with Gasteiger partial charge in [0.1, 0.15) is 30.1 Å². The second-order valence-corrected chi connectivity index (χ2v) is 6.93. The van der Waals surface area contributed by atoms with Crippen LogP contribution in [0.5, 0.6) is 0 Å². The van der Waals surface area contributed by atoms with Crippen molar-refractivity contribution in [2.45, 2.75) is 44.6 Å². The summed E-state index contributed by atoms with van der Waals surface area (Å²) in [5, 5.41) is 20.4. The van der Waals surface area contributed by atoms with Crippen molar-refractivity contribution in [3.63, 3.8) is 0 Å². The van der Waals surface area contributed by atoms with Crippen molar-refractivity contribution in [3.05, 3.63) is 18.1 Å². The van der Waals surface area contributed by atoms with Crippen molar-refractivity contribution in [1.82, 2.24) is 19.7 Å². The van der Waals surface area contributed by atoms with E-state index in [1.807, 2.05) is 0 Å². The van der Waals surface area contributed by atoms with Gasteiger partial charge in [0.05, 0.1) is 24.7 Å². The standard InChI is InChI=1S/C18H26N6O7/c1-2-29-15(28)8-30-24(20)13(27)4-3-10-6-23(14-5-11(26)12(7-25)31-14)18-16(10)17(19)21-9-22-18/h6,9,11-12,14,25-26H,2-5,7-8,20H2,1H3,(H2,19,21,22). The molecule has 0 aromatic carbocycles. The predicted molar refractivity (Wildman–Crippen MR) is 105 cm³/mol. The van der Waals surface area contributed by atoms with Gasteiger partial charge in [-0.25, -0.2) is 25.4 Å². The van der Waals surface area contributed by atoms with E-state index in [0.29, 0.717) is 21.8 Å². The molecule has 3 unspecified atom stereocenters. The highest BCUT2D eigenvalue weighted by Gasteiger charge is 2.35. The topological polar surface area (TPSA) is 188 Å². The first-order valence-corrected chi connectivity index (χ1v) is 9.76. The number of aryl methyl sites for hydroxylation is 1. The van der Waals surface area contributed by atoms with Crippen molar-refractivity contribution >= 4 is 28.7 Å². The Morgan fingerprint density at radius 3 is 2.87 bits per heavy atom. The third-order valence-electron chi connectivity index (χ3n) is 4.89. The summed E-state index contributed by atoms with van der Waals surface area (Å²) < 4.78 is 12.1. The molecule has 1 aliphatic heterocycles. The number of fused-ring (bicyclic) bond motifs is 1. The maximum absolute atomic E-state index is 12.3. The average Bonchev–Trinajstić information content (AvgIpc) is 3.31. The number of nitrogens with zero attached hydrogens (tertiary/aromatic N) is 4. The van der Waals surface area contributed by atoms with E-state index >= 15 is 0 Å². The zero-order valence-corrected chi connectivity index (χ0v) is 17.0. The molecule has 2 aromatic heterocycles. The Hall–Kier alpha value is -2.84. The molecular weight excluding hydrogens is 412 g/mol. The van der Waals surface area contributed by atoms with Gasteiger partial charge >= 0.3 is 5.97 Å². The second-order valence-electron chi connectivity index (χ2n) is 6.93. The summed E-state index contributed by atoms with van der Waals surface area (Å²) >= 11 is 0. The van der Waals surface area contributed by atoms with Gasteiger partial charge in [0, 0.05) is 19.0 Å². The lowest BCUT2D eigenvalue weighted by Crippen LogP contribution is -2.39. The molecule has 3 heterocycles. The molecule has 13 nitrogen and oxygen atoms in total. The van der Waals surface area contributed by atoms with E-state index in [1.54, 1.807) is 17.7 Å². The number of nitrogen functional groups attached to an aromatic ring is 1. The van der Waals surface area contributed by atoms with Crippen LogP contribution in [0.15, 0.2) is 12.5 Å². The zero-order chi connectivity index (χ0) is 22.5. The number of ether oxygens (including phenoxy) is 2. The number of hydrogen-bond donors (Lipinski definition) is 4. The van der Waals surface area contributed by atoms with E-state index in [4.69, 9.17) is 25.9 Å². The molecule has 3 atom stereocenters. The van der Waals surface area contributed by atoms with Gasteiger partial charge in [0.15, 0.2) is 6.61 Å². The third-order valence-corrected chi connectivity index (χ3v) is 4.89. The maximum atomic E-state index is 12.3. The molecule has 0 bridgehead atoms. The SMILES string of the molecule is CCOC(=O)CON(N)C(=O)CCc1cn(C2CC(O)C(CO)O2)c2ncnc(N)c12. The number of anilines is 1. The molecule has 3 rings (SSSR count). The minimum Gasteiger partial charge on any atom is -0.464 e. The normalized spacial score (nSPS) is 20.8. The van der Waals surface area contributed by atoms with Gasteiger partial charge in [0.2, 0.25) is 0 Å². The Balaban J connectivity index is 1.72. The number of aromatic nitrogens is 3. The first-order chi connectivity index (χ1) is 14.8. The van der Waals surface area contributed by atoms with Crippen LogP contribution in [-0.4, -0.2) is 73.8 Å². The lowest BCUT2D eigenvalue weighted by Gasteiger charge is -2.15. The van der Waals surface area contributed by atoms with Crippen molar-refractivity contribution in [2.75, 3.05) is 25.6 Å². The predicted octanol–water partition coefficient (Wildman–Crippen LogP) is -1.22. The van der Waals surface area contributed by atoms with Crippen molar-refractivity contribution in [2.24, 2.45) is 5.84 Å². The third kappa shape index (κ3) is 5.08. The Kier molecular flexibility index (Phi) is 7.35. The fourth-order valence-electron chi connectivity index (χ4n) is 3.39. The van der Waals surface area contributed by atoms with Crippen LogP contribution >= 0.6 is 0 Å². The molecule has 2 aromatic rings. The smallest absolute Gasteiger partial charge is 0.334 e. The number of aliphatic hydroxyl groups excluding tert-OH is 2. The Labute approximate surface area is 177 Å². The summed E-state index contributed by atoms with van der Waals surface area (Å²) in [5.74, 6) is 4.57. The average molecular weight is 438 g/mol. The zero-order valence-electron chi connectivity index (χ0n) is 17.0. The molecule has 0 spiro atoms. The van der Waals surface area contributed by atoms with Crippen LogP contribution in [0.4, 0.5) is 5.82 Å². The highest BCUT2D eigenvalue weighted by molar-refractivity contribution is 5.90. The summed E-state index contributed by atoms with van der Waals surface area (Å²) in [4.78, 5) is 36.8. The largest absolute Gasteiger partial charge is 0.464 e. The van der Waals surface area contributed by atoms with E-state index in [-0.39, 0.29) is 38.3 Å². The molecule has 0 aliphatic carbocycles. The number of esters is 1. The number of amides is 1. The van der Waals surface area contributed by atoms with E-state index in [1.165, 1.54) is 6.33 Å². The number of aliphatic hydroxyl groups is 2. The number of hydrogen-bond acceptors (Lipinski definition) is 11. The van der Waals surface area contributed by atoms with Crippen LogP contribution < -0.4 is 11.6 Å². The minimum atomic E-state index is -0.820. The molecule has 170 valence electrons. The molecule has 1 aliphatic rings. The lowest BCUT2D eigenvalue weighted by atomic mass is 10.1. The Bertz CT molecular complexity index is 936. The van der Waals surface area contributed by atoms with E-state index in [0.717, 1.165) is 0 Å². The van der Waals surface area contributed by atoms with Crippen LogP contribution in [0.1, 0.15) is 31.6 Å². The maximum Gasteiger partial charge on any atom is 0.334 e. The summed E-state index contributed by atoms with van der Waals surface area (Å²) in [6.45, 7) is 1.04. The van der Waals surface area contributed by atoms with E-state index in [9.17, 15) is 19.8 Å². The quantitative estimate of drug-likeness (QED) is 0.159. The number of hydrazine groups is 1. The molecule has 0 saturated carbocycles. The first-order valence-electron chi connectivity index (χ1n) is 9.76. The number of carbonyl (C=O) groups excluding carboxylic acids is 2. The highest BCUT2D eigenvalue weighted by Crippen LogP contribution is 2.34. The summed E-state index contributed by atoms with van der Waals surface area (Å²) in [7, 11) is 0. The fraction of sp³-hybridized carbons (Fsp3) is 0.556. The van der Waals surface area contributed by atoms with E-state index < -0.39 is 36.9 Å². The van der Waals surface area contributed by atoms with Crippen molar-refractivity contribution in [1.29, 1.82) is 0 Å². The monoisotopic (exact) mass is 438 g/mol. The van der Waals surface area contributed by atoms with Crippen LogP contribution in [0.2, 0.25) is 0 Å². The van der Waals surface area contributed by atoms with Gasteiger partial charge in [-0.1, -0.05) is 0 Å². The molecule has 1 amide bonds. The van der Waals surface area contributed by atoms with Crippen LogP contribution in [0, 0.1) is 0 Å². The number of rotatable bonds is 9. The second kappa shape index (κ2) is 9.98. The molecule has 1 saturated heterocycles. The molecule has 0 radical (unpaired) electrons. The van der Waals surface area contributed by atoms with Gasteiger partial charge in [-0.2, -0.15) is 5.17 Å². The molecule has 6 N–H and O–H groups in total. The van der Waals surface area contributed by atoms with Gasteiger partial charge in [0.25, 0.3) is 5.91 Å².